The number of carbonyl (C=O) groups is 1. The molecule has 2 rings (SSSR count). The van der Waals surface area contributed by atoms with Crippen LogP contribution in [-0.2, 0) is 4.79 Å². The lowest BCUT2D eigenvalue weighted by Crippen LogP contribution is -2.15. The van der Waals surface area contributed by atoms with Gasteiger partial charge in [-0.15, -0.1) is 0 Å². The van der Waals surface area contributed by atoms with E-state index in [4.69, 9.17) is 10.5 Å². The van der Waals surface area contributed by atoms with Crippen LogP contribution in [0.2, 0.25) is 0 Å². The molecule has 0 unspecified atom stereocenters. The van der Waals surface area contributed by atoms with Crippen molar-refractivity contribution in [3.63, 3.8) is 0 Å². The van der Waals surface area contributed by atoms with Gasteiger partial charge < -0.3 is 15.8 Å². The van der Waals surface area contributed by atoms with Crippen LogP contribution in [0.15, 0.2) is 46.9 Å². The molecule has 2 aromatic carbocycles. The summed E-state index contributed by atoms with van der Waals surface area (Å²) < 4.78 is 19.1. The summed E-state index contributed by atoms with van der Waals surface area (Å²) in [6, 6.07) is 11.1. The predicted molar refractivity (Wildman–Crippen MR) is 83.7 cm³/mol. The van der Waals surface area contributed by atoms with Gasteiger partial charge >= 0.3 is 0 Å². The fourth-order valence-electron chi connectivity index (χ4n) is 1.71. The minimum atomic E-state index is -0.399. The van der Waals surface area contributed by atoms with Crippen molar-refractivity contribution in [3.05, 3.63) is 52.8 Å². The van der Waals surface area contributed by atoms with E-state index in [2.05, 4.69) is 21.2 Å². The number of rotatable bonds is 5. The van der Waals surface area contributed by atoms with Crippen LogP contribution in [0.5, 0.6) is 5.75 Å². The molecule has 0 aliphatic carbocycles. The molecule has 21 heavy (non-hydrogen) atoms. The van der Waals surface area contributed by atoms with E-state index in [0.29, 0.717) is 21.6 Å². The van der Waals surface area contributed by atoms with E-state index in [1.54, 1.807) is 30.3 Å². The van der Waals surface area contributed by atoms with Crippen LogP contribution in [0.4, 0.5) is 15.8 Å². The normalized spacial score (nSPS) is 10.2. The van der Waals surface area contributed by atoms with E-state index in [0.717, 1.165) is 0 Å². The SMILES string of the molecule is Nc1cccc(NC(=O)CCOc2cc(F)cc(Br)c2)c1. The van der Waals surface area contributed by atoms with E-state index < -0.39 is 5.82 Å². The van der Waals surface area contributed by atoms with Crippen LogP contribution in [0.25, 0.3) is 0 Å². The van der Waals surface area contributed by atoms with Crippen LogP contribution in [0.1, 0.15) is 6.42 Å². The Bertz CT molecular complexity index is 629. The van der Waals surface area contributed by atoms with Crippen LogP contribution < -0.4 is 15.8 Å². The van der Waals surface area contributed by atoms with Crippen molar-refractivity contribution in [1.82, 2.24) is 0 Å². The van der Waals surface area contributed by atoms with Crippen molar-refractivity contribution in [2.45, 2.75) is 6.42 Å². The van der Waals surface area contributed by atoms with Gasteiger partial charge in [0.15, 0.2) is 0 Å². The van der Waals surface area contributed by atoms with E-state index in [9.17, 15) is 9.18 Å². The zero-order chi connectivity index (χ0) is 15.2. The van der Waals surface area contributed by atoms with Crippen molar-refractivity contribution in [1.29, 1.82) is 0 Å². The average molecular weight is 353 g/mol. The van der Waals surface area contributed by atoms with Gasteiger partial charge in [0.1, 0.15) is 11.6 Å². The molecular weight excluding hydrogens is 339 g/mol. The van der Waals surface area contributed by atoms with Gasteiger partial charge in [-0.05, 0) is 30.3 Å². The first kappa shape index (κ1) is 15.3. The Hall–Kier alpha value is -2.08. The van der Waals surface area contributed by atoms with Crippen molar-refractivity contribution >= 4 is 33.2 Å². The maximum Gasteiger partial charge on any atom is 0.227 e. The Labute approximate surface area is 130 Å². The second kappa shape index (κ2) is 7.08. The smallest absolute Gasteiger partial charge is 0.227 e. The number of nitrogens with two attached hydrogens (primary N) is 1. The number of nitrogen functional groups attached to an aromatic ring is 1. The van der Waals surface area contributed by atoms with Crippen LogP contribution in [0.3, 0.4) is 0 Å². The number of anilines is 2. The molecule has 0 fully saturated rings. The van der Waals surface area contributed by atoms with Gasteiger partial charge in [-0.3, -0.25) is 4.79 Å². The van der Waals surface area contributed by atoms with Gasteiger partial charge in [0, 0.05) is 21.9 Å². The summed E-state index contributed by atoms with van der Waals surface area (Å²) in [6.07, 6.45) is 0.156. The number of nitrogens with one attached hydrogen (secondary N) is 1. The lowest BCUT2D eigenvalue weighted by atomic mass is 10.2. The quantitative estimate of drug-likeness (QED) is 0.808. The topological polar surface area (TPSA) is 64.3 Å². The van der Waals surface area contributed by atoms with Crippen molar-refractivity contribution in [3.8, 4) is 5.75 Å². The summed E-state index contributed by atoms with van der Waals surface area (Å²) in [7, 11) is 0. The Morgan fingerprint density at radius 3 is 2.81 bits per heavy atom. The molecule has 0 heterocycles. The summed E-state index contributed by atoms with van der Waals surface area (Å²) >= 11 is 3.17. The number of amides is 1. The van der Waals surface area contributed by atoms with Crippen molar-refractivity contribution < 1.29 is 13.9 Å². The van der Waals surface area contributed by atoms with Gasteiger partial charge in [-0.1, -0.05) is 22.0 Å². The lowest BCUT2D eigenvalue weighted by Gasteiger charge is -2.08. The van der Waals surface area contributed by atoms with Crippen LogP contribution >= 0.6 is 15.9 Å². The molecule has 1 amide bonds. The van der Waals surface area contributed by atoms with Gasteiger partial charge in [0.2, 0.25) is 5.91 Å². The highest BCUT2D eigenvalue weighted by Gasteiger charge is 2.05. The average Bonchev–Trinajstić information content (AvgIpc) is 2.37. The first-order chi connectivity index (χ1) is 10.0. The molecule has 3 N–H and O–H groups in total. The maximum absolute atomic E-state index is 13.1. The molecule has 4 nitrogen and oxygen atoms in total. The first-order valence-electron chi connectivity index (χ1n) is 6.27. The number of hydrogen-bond donors (Lipinski definition) is 2. The van der Waals surface area contributed by atoms with Gasteiger partial charge in [-0.2, -0.15) is 0 Å². The van der Waals surface area contributed by atoms with E-state index in [-0.39, 0.29) is 18.9 Å². The van der Waals surface area contributed by atoms with E-state index in [1.807, 2.05) is 0 Å². The molecule has 110 valence electrons. The molecule has 0 spiro atoms. The number of hydrogen-bond acceptors (Lipinski definition) is 3. The lowest BCUT2D eigenvalue weighted by molar-refractivity contribution is -0.116. The highest BCUT2D eigenvalue weighted by Crippen LogP contribution is 2.20. The monoisotopic (exact) mass is 352 g/mol. The fraction of sp³-hybridized carbons (Fsp3) is 0.133. The summed E-state index contributed by atoms with van der Waals surface area (Å²) in [6.45, 7) is 0.157. The summed E-state index contributed by atoms with van der Waals surface area (Å²) in [5, 5.41) is 2.71. The molecule has 0 radical (unpaired) electrons. The van der Waals surface area contributed by atoms with Gasteiger partial charge in [0.25, 0.3) is 0 Å². The Kier molecular flexibility index (Phi) is 5.16. The molecular formula is C15H14BrFN2O2. The van der Waals surface area contributed by atoms with E-state index in [1.165, 1.54) is 12.1 Å². The Morgan fingerprint density at radius 2 is 2.10 bits per heavy atom. The predicted octanol–water partition coefficient (Wildman–Crippen LogP) is 3.58. The minimum Gasteiger partial charge on any atom is -0.493 e. The highest BCUT2D eigenvalue weighted by molar-refractivity contribution is 9.10. The molecule has 0 saturated heterocycles. The molecule has 0 bridgehead atoms. The van der Waals surface area contributed by atoms with Crippen LogP contribution in [-0.4, -0.2) is 12.5 Å². The minimum absolute atomic E-state index is 0.156. The molecule has 0 aliphatic heterocycles. The molecule has 0 aliphatic rings. The third kappa shape index (κ3) is 5.07. The van der Waals surface area contributed by atoms with Crippen molar-refractivity contribution in [2.24, 2.45) is 0 Å². The first-order valence-corrected chi connectivity index (χ1v) is 7.06. The molecule has 0 atom stereocenters. The third-order valence-corrected chi connectivity index (χ3v) is 3.06. The number of halogens is 2. The van der Waals surface area contributed by atoms with E-state index >= 15 is 0 Å². The highest BCUT2D eigenvalue weighted by atomic mass is 79.9. The van der Waals surface area contributed by atoms with Gasteiger partial charge in [-0.25, -0.2) is 4.39 Å². The number of benzene rings is 2. The van der Waals surface area contributed by atoms with Gasteiger partial charge in [0.05, 0.1) is 13.0 Å². The zero-order valence-corrected chi connectivity index (χ0v) is 12.7. The summed E-state index contributed by atoms with van der Waals surface area (Å²) in [5.41, 5.74) is 6.83. The summed E-state index contributed by atoms with van der Waals surface area (Å²) in [5.74, 6) is -0.224. The van der Waals surface area contributed by atoms with Crippen LogP contribution in [0, 0.1) is 5.82 Å². The third-order valence-electron chi connectivity index (χ3n) is 2.60. The standard InChI is InChI=1S/C15H14BrFN2O2/c16-10-6-11(17)8-14(7-10)21-5-4-15(20)19-13-3-1-2-12(18)9-13/h1-3,6-9H,4-5,18H2,(H,19,20). The number of carbonyl (C=O) groups excluding carboxylic acids is 1. The van der Waals surface area contributed by atoms with Crippen molar-refractivity contribution in [2.75, 3.05) is 17.7 Å². The molecule has 0 saturated carbocycles. The Balaban J connectivity index is 1.81. The summed E-state index contributed by atoms with van der Waals surface area (Å²) in [4.78, 5) is 11.7. The largest absolute Gasteiger partial charge is 0.493 e. The molecule has 0 aromatic heterocycles. The second-order valence-corrected chi connectivity index (χ2v) is 5.29. The maximum atomic E-state index is 13.1. The molecule has 6 heteroatoms. The molecule has 2 aromatic rings. The Morgan fingerprint density at radius 1 is 1.29 bits per heavy atom. The fourth-order valence-corrected chi connectivity index (χ4v) is 2.16. The number of ether oxygens (including phenoxy) is 1. The zero-order valence-electron chi connectivity index (χ0n) is 11.1. The second-order valence-electron chi connectivity index (χ2n) is 4.38.